The topological polar surface area (TPSA) is 29.3 Å². The third-order valence-corrected chi connectivity index (χ3v) is 3.05. The monoisotopic (exact) mass is 220 g/mol. The maximum Gasteiger partial charge on any atom is 0.0389 e. The Balaban J connectivity index is 2.91. The molecule has 0 fully saturated rings. The molecule has 90 valence electrons. The summed E-state index contributed by atoms with van der Waals surface area (Å²) in [7, 11) is 0. The van der Waals surface area contributed by atoms with Gasteiger partial charge in [-0.15, -0.1) is 0 Å². The third kappa shape index (κ3) is 3.16. The van der Waals surface area contributed by atoms with E-state index in [-0.39, 0.29) is 0 Å². The number of rotatable bonds is 6. The molecule has 0 spiro atoms. The highest BCUT2D eigenvalue weighted by atomic mass is 15.2. The fourth-order valence-corrected chi connectivity index (χ4v) is 2.20. The van der Waals surface area contributed by atoms with Gasteiger partial charge in [0.25, 0.3) is 0 Å². The number of anilines is 2. The van der Waals surface area contributed by atoms with Crippen molar-refractivity contribution in [2.45, 2.75) is 46.1 Å². The van der Waals surface area contributed by atoms with E-state index < -0.39 is 0 Å². The van der Waals surface area contributed by atoms with Crippen molar-refractivity contribution in [1.29, 1.82) is 0 Å². The molecular weight excluding hydrogens is 196 g/mol. The first kappa shape index (κ1) is 12.9. The molecule has 1 aromatic carbocycles. The van der Waals surface area contributed by atoms with Crippen molar-refractivity contribution in [3.8, 4) is 0 Å². The molecule has 2 heteroatoms. The Kier molecular flexibility index (Phi) is 5.17. The van der Waals surface area contributed by atoms with Gasteiger partial charge in [0.2, 0.25) is 0 Å². The van der Waals surface area contributed by atoms with Crippen LogP contribution in [0.1, 0.15) is 40.0 Å². The summed E-state index contributed by atoms with van der Waals surface area (Å²) in [6.07, 6.45) is 3.54. The molecule has 0 aromatic heterocycles. The summed E-state index contributed by atoms with van der Waals surface area (Å²) >= 11 is 0. The minimum Gasteiger partial charge on any atom is -0.399 e. The van der Waals surface area contributed by atoms with Crippen LogP contribution in [-0.4, -0.2) is 12.6 Å². The molecule has 0 saturated carbocycles. The number of hydrogen-bond donors (Lipinski definition) is 1. The van der Waals surface area contributed by atoms with Gasteiger partial charge in [-0.3, -0.25) is 0 Å². The highest BCUT2D eigenvalue weighted by molar-refractivity contribution is 5.56. The number of hydrogen-bond acceptors (Lipinski definition) is 2. The second-order valence-corrected chi connectivity index (χ2v) is 4.26. The van der Waals surface area contributed by atoms with Crippen LogP contribution in [0.5, 0.6) is 0 Å². The Hall–Kier alpha value is -1.18. The number of benzene rings is 1. The standard InChI is InChI=1S/C14H24N2/c1-4-10-16(13(5-2)6-3)14-9-7-8-12(15)11-14/h7-9,11,13H,4-6,10,15H2,1-3H3. The summed E-state index contributed by atoms with van der Waals surface area (Å²) in [5.74, 6) is 0. The Labute approximate surface area is 99.5 Å². The van der Waals surface area contributed by atoms with Gasteiger partial charge >= 0.3 is 0 Å². The lowest BCUT2D eigenvalue weighted by Gasteiger charge is -2.32. The minimum absolute atomic E-state index is 0.627. The average Bonchev–Trinajstić information content (AvgIpc) is 2.29. The highest BCUT2D eigenvalue weighted by Crippen LogP contribution is 2.22. The first-order valence-electron chi connectivity index (χ1n) is 6.35. The van der Waals surface area contributed by atoms with Gasteiger partial charge in [0, 0.05) is 24.0 Å². The van der Waals surface area contributed by atoms with Crippen LogP contribution in [0.3, 0.4) is 0 Å². The van der Waals surface area contributed by atoms with E-state index in [2.05, 4.69) is 37.8 Å². The van der Waals surface area contributed by atoms with E-state index in [0.717, 1.165) is 12.2 Å². The minimum atomic E-state index is 0.627. The average molecular weight is 220 g/mol. The Bertz CT molecular complexity index is 305. The molecule has 0 unspecified atom stereocenters. The fraction of sp³-hybridized carbons (Fsp3) is 0.571. The van der Waals surface area contributed by atoms with E-state index in [1.165, 1.54) is 24.9 Å². The molecule has 0 aliphatic carbocycles. The summed E-state index contributed by atoms with van der Waals surface area (Å²) < 4.78 is 0. The van der Waals surface area contributed by atoms with E-state index in [1.54, 1.807) is 0 Å². The predicted molar refractivity (Wildman–Crippen MR) is 72.9 cm³/mol. The zero-order valence-corrected chi connectivity index (χ0v) is 10.7. The van der Waals surface area contributed by atoms with Crippen molar-refractivity contribution < 1.29 is 0 Å². The lowest BCUT2D eigenvalue weighted by atomic mass is 10.1. The SMILES string of the molecule is CCCN(c1cccc(N)c1)C(CC)CC. The first-order chi connectivity index (χ1) is 7.72. The summed E-state index contributed by atoms with van der Waals surface area (Å²) in [5.41, 5.74) is 7.96. The zero-order chi connectivity index (χ0) is 12.0. The van der Waals surface area contributed by atoms with Gasteiger partial charge in [-0.25, -0.2) is 0 Å². The first-order valence-corrected chi connectivity index (χ1v) is 6.35. The van der Waals surface area contributed by atoms with Gasteiger partial charge in [0.05, 0.1) is 0 Å². The molecule has 0 heterocycles. The van der Waals surface area contributed by atoms with E-state index >= 15 is 0 Å². The predicted octanol–water partition coefficient (Wildman–Crippen LogP) is 3.67. The largest absolute Gasteiger partial charge is 0.399 e. The van der Waals surface area contributed by atoms with Crippen LogP contribution in [0.4, 0.5) is 11.4 Å². The number of nitrogen functional groups attached to an aromatic ring is 1. The quantitative estimate of drug-likeness (QED) is 0.741. The highest BCUT2D eigenvalue weighted by Gasteiger charge is 2.14. The summed E-state index contributed by atoms with van der Waals surface area (Å²) in [5, 5.41) is 0. The molecule has 1 rings (SSSR count). The van der Waals surface area contributed by atoms with Crippen molar-refractivity contribution in [2.24, 2.45) is 0 Å². The molecule has 1 aromatic rings. The van der Waals surface area contributed by atoms with E-state index in [0.29, 0.717) is 6.04 Å². The molecule has 2 nitrogen and oxygen atoms in total. The van der Waals surface area contributed by atoms with E-state index in [4.69, 9.17) is 5.73 Å². The molecule has 0 aliphatic rings. The van der Waals surface area contributed by atoms with Gasteiger partial charge in [0.1, 0.15) is 0 Å². The van der Waals surface area contributed by atoms with Crippen molar-refractivity contribution in [3.05, 3.63) is 24.3 Å². The van der Waals surface area contributed by atoms with E-state index in [1.807, 2.05) is 12.1 Å². The maximum atomic E-state index is 5.85. The van der Waals surface area contributed by atoms with Crippen LogP contribution in [0, 0.1) is 0 Å². The van der Waals surface area contributed by atoms with Gasteiger partial charge in [-0.2, -0.15) is 0 Å². The van der Waals surface area contributed by atoms with Crippen molar-refractivity contribution in [3.63, 3.8) is 0 Å². The lowest BCUT2D eigenvalue weighted by Crippen LogP contribution is -2.35. The molecule has 0 aliphatic heterocycles. The van der Waals surface area contributed by atoms with Crippen molar-refractivity contribution >= 4 is 11.4 Å². The number of nitrogens with zero attached hydrogens (tertiary/aromatic N) is 1. The van der Waals surface area contributed by atoms with Crippen LogP contribution in [0.15, 0.2) is 24.3 Å². The molecule has 0 saturated heterocycles. The molecule has 0 atom stereocenters. The zero-order valence-electron chi connectivity index (χ0n) is 10.7. The van der Waals surface area contributed by atoms with E-state index in [9.17, 15) is 0 Å². The van der Waals surface area contributed by atoms with Crippen LogP contribution >= 0.6 is 0 Å². The molecule has 16 heavy (non-hydrogen) atoms. The Morgan fingerprint density at radius 2 is 1.88 bits per heavy atom. The summed E-state index contributed by atoms with van der Waals surface area (Å²) in [6, 6.07) is 8.84. The van der Waals surface area contributed by atoms with Gasteiger partial charge in [-0.1, -0.05) is 26.8 Å². The van der Waals surface area contributed by atoms with Crippen LogP contribution in [0.25, 0.3) is 0 Å². The maximum absolute atomic E-state index is 5.85. The molecule has 0 radical (unpaired) electrons. The molecular formula is C14H24N2. The fourth-order valence-electron chi connectivity index (χ4n) is 2.20. The second-order valence-electron chi connectivity index (χ2n) is 4.26. The summed E-state index contributed by atoms with van der Waals surface area (Å²) in [4.78, 5) is 2.48. The smallest absolute Gasteiger partial charge is 0.0389 e. The summed E-state index contributed by atoms with van der Waals surface area (Å²) in [6.45, 7) is 7.84. The van der Waals surface area contributed by atoms with Gasteiger partial charge in [0.15, 0.2) is 0 Å². The second kappa shape index (κ2) is 6.41. The molecule has 0 bridgehead atoms. The lowest BCUT2D eigenvalue weighted by molar-refractivity contribution is 0.553. The third-order valence-electron chi connectivity index (χ3n) is 3.05. The van der Waals surface area contributed by atoms with Crippen molar-refractivity contribution in [1.82, 2.24) is 0 Å². The van der Waals surface area contributed by atoms with Crippen LogP contribution in [-0.2, 0) is 0 Å². The van der Waals surface area contributed by atoms with Gasteiger partial charge in [-0.05, 0) is 37.5 Å². The molecule has 0 amide bonds. The Morgan fingerprint density at radius 3 is 2.38 bits per heavy atom. The van der Waals surface area contributed by atoms with Crippen molar-refractivity contribution in [2.75, 3.05) is 17.2 Å². The van der Waals surface area contributed by atoms with Crippen LogP contribution < -0.4 is 10.6 Å². The Morgan fingerprint density at radius 1 is 1.19 bits per heavy atom. The number of nitrogens with two attached hydrogens (primary N) is 1. The van der Waals surface area contributed by atoms with Crippen LogP contribution in [0.2, 0.25) is 0 Å². The van der Waals surface area contributed by atoms with Gasteiger partial charge < -0.3 is 10.6 Å². The molecule has 2 N–H and O–H groups in total. The normalized spacial score (nSPS) is 10.8.